The smallest absolute Gasteiger partial charge is 0.257 e. The molecule has 0 atom stereocenters. The van der Waals surface area contributed by atoms with Gasteiger partial charge in [-0.1, -0.05) is 11.6 Å². The maximum absolute atomic E-state index is 13.1. The molecular formula is C13H6BrClF3NO. The van der Waals surface area contributed by atoms with Crippen molar-refractivity contribution in [2.24, 2.45) is 0 Å². The third-order valence-corrected chi connectivity index (χ3v) is 3.40. The zero-order valence-corrected chi connectivity index (χ0v) is 12.0. The van der Waals surface area contributed by atoms with Gasteiger partial charge >= 0.3 is 0 Å². The summed E-state index contributed by atoms with van der Waals surface area (Å²) in [4.78, 5) is 11.9. The van der Waals surface area contributed by atoms with Crippen molar-refractivity contribution in [1.29, 1.82) is 0 Å². The number of rotatable bonds is 2. The summed E-state index contributed by atoms with van der Waals surface area (Å²) in [6.07, 6.45) is 0. The zero-order chi connectivity index (χ0) is 14.9. The van der Waals surface area contributed by atoms with Crippen molar-refractivity contribution in [3.8, 4) is 0 Å². The van der Waals surface area contributed by atoms with Crippen LogP contribution in [0, 0.1) is 17.5 Å². The summed E-state index contributed by atoms with van der Waals surface area (Å²) in [6, 6.07) is 5.04. The lowest BCUT2D eigenvalue weighted by Gasteiger charge is -2.09. The van der Waals surface area contributed by atoms with E-state index < -0.39 is 23.4 Å². The van der Waals surface area contributed by atoms with Crippen LogP contribution < -0.4 is 5.32 Å². The molecular weight excluding hydrogens is 358 g/mol. The molecule has 0 fully saturated rings. The lowest BCUT2D eigenvalue weighted by Crippen LogP contribution is -2.13. The molecule has 0 heterocycles. The van der Waals surface area contributed by atoms with Gasteiger partial charge in [-0.25, -0.2) is 13.2 Å². The number of hydrogen-bond acceptors (Lipinski definition) is 1. The van der Waals surface area contributed by atoms with E-state index in [4.69, 9.17) is 11.6 Å². The molecule has 0 saturated heterocycles. The molecule has 104 valence electrons. The fourth-order valence-corrected chi connectivity index (χ4v) is 2.16. The molecule has 0 aliphatic heterocycles. The van der Waals surface area contributed by atoms with Crippen LogP contribution in [-0.4, -0.2) is 5.91 Å². The molecule has 1 amide bonds. The Labute approximate surface area is 125 Å². The van der Waals surface area contributed by atoms with Gasteiger partial charge in [0.15, 0.2) is 11.6 Å². The van der Waals surface area contributed by atoms with Gasteiger partial charge < -0.3 is 5.32 Å². The first-order valence-electron chi connectivity index (χ1n) is 5.29. The number of carbonyl (C=O) groups is 1. The minimum absolute atomic E-state index is 0.221. The molecule has 0 unspecified atom stereocenters. The predicted molar refractivity (Wildman–Crippen MR) is 73.4 cm³/mol. The Morgan fingerprint density at radius 2 is 1.75 bits per heavy atom. The first-order valence-corrected chi connectivity index (χ1v) is 6.46. The van der Waals surface area contributed by atoms with E-state index in [-0.39, 0.29) is 16.3 Å². The van der Waals surface area contributed by atoms with Crippen molar-refractivity contribution >= 4 is 39.1 Å². The SMILES string of the molecule is O=C(Nc1ccc(F)cc1Br)c1cc(F)c(F)cc1Cl. The molecule has 2 aromatic rings. The number of amides is 1. The highest BCUT2D eigenvalue weighted by Crippen LogP contribution is 2.25. The van der Waals surface area contributed by atoms with Gasteiger partial charge in [-0.3, -0.25) is 4.79 Å². The standard InChI is InChI=1S/C13H6BrClF3NO/c14-8-3-6(16)1-2-12(8)19-13(20)7-4-10(17)11(18)5-9(7)15/h1-5H,(H,19,20). The van der Waals surface area contributed by atoms with Crippen LogP contribution >= 0.6 is 27.5 Å². The number of benzene rings is 2. The van der Waals surface area contributed by atoms with Crippen LogP contribution in [0.25, 0.3) is 0 Å². The Morgan fingerprint density at radius 3 is 2.40 bits per heavy atom. The van der Waals surface area contributed by atoms with Crippen LogP contribution in [0.1, 0.15) is 10.4 Å². The van der Waals surface area contributed by atoms with Crippen LogP contribution in [0.5, 0.6) is 0 Å². The van der Waals surface area contributed by atoms with Gasteiger partial charge in [-0.2, -0.15) is 0 Å². The summed E-state index contributed by atoms with van der Waals surface area (Å²) in [5.41, 5.74) is 0.0546. The van der Waals surface area contributed by atoms with E-state index in [1.54, 1.807) is 0 Å². The van der Waals surface area contributed by atoms with Crippen LogP contribution in [0.4, 0.5) is 18.9 Å². The third kappa shape index (κ3) is 3.13. The maximum Gasteiger partial charge on any atom is 0.257 e. The molecule has 0 aliphatic rings. The summed E-state index contributed by atoms with van der Waals surface area (Å²) in [6.45, 7) is 0. The van der Waals surface area contributed by atoms with E-state index in [1.807, 2.05) is 0 Å². The zero-order valence-electron chi connectivity index (χ0n) is 9.68. The van der Waals surface area contributed by atoms with Crippen LogP contribution in [0.15, 0.2) is 34.8 Å². The van der Waals surface area contributed by atoms with E-state index in [0.717, 1.165) is 12.1 Å². The minimum Gasteiger partial charge on any atom is -0.321 e. The lowest BCUT2D eigenvalue weighted by atomic mass is 10.2. The molecule has 20 heavy (non-hydrogen) atoms. The van der Waals surface area contributed by atoms with E-state index in [2.05, 4.69) is 21.2 Å². The molecule has 1 N–H and O–H groups in total. The summed E-state index contributed by atoms with van der Waals surface area (Å²) >= 11 is 8.76. The highest BCUT2D eigenvalue weighted by molar-refractivity contribution is 9.10. The maximum atomic E-state index is 13.1. The average Bonchev–Trinajstić information content (AvgIpc) is 2.37. The normalized spacial score (nSPS) is 10.4. The van der Waals surface area contributed by atoms with Gasteiger partial charge in [0, 0.05) is 4.47 Å². The van der Waals surface area contributed by atoms with Gasteiger partial charge in [0.2, 0.25) is 0 Å². The molecule has 0 spiro atoms. The first kappa shape index (κ1) is 14.9. The summed E-state index contributed by atoms with van der Waals surface area (Å²) < 4.78 is 39.3. The fourth-order valence-electron chi connectivity index (χ4n) is 1.48. The van der Waals surface area contributed by atoms with E-state index in [1.165, 1.54) is 6.07 Å². The van der Waals surface area contributed by atoms with Crippen molar-refractivity contribution in [3.05, 3.63) is 62.8 Å². The topological polar surface area (TPSA) is 29.1 Å². The number of anilines is 1. The highest BCUT2D eigenvalue weighted by Gasteiger charge is 2.16. The molecule has 0 bridgehead atoms. The Balaban J connectivity index is 2.31. The van der Waals surface area contributed by atoms with Crippen molar-refractivity contribution in [3.63, 3.8) is 0 Å². The van der Waals surface area contributed by atoms with Gasteiger partial charge in [0.1, 0.15) is 5.82 Å². The summed E-state index contributed by atoms with van der Waals surface area (Å²) in [7, 11) is 0. The van der Waals surface area contributed by atoms with Crippen LogP contribution in [0.3, 0.4) is 0 Å². The Hall–Kier alpha value is -1.53. The predicted octanol–water partition coefficient (Wildman–Crippen LogP) is 4.77. The molecule has 0 aliphatic carbocycles. The summed E-state index contributed by atoms with van der Waals surface area (Å²) in [5, 5.41) is 2.19. The summed E-state index contributed by atoms with van der Waals surface area (Å²) in [5.74, 6) is -3.55. The Kier molecular flexibility index (Phi) is 4.35. The molecule has 2 aromatic carbocycles. The Bertz CT molecular complexity index is 694. The second kappa shape index (κ2) is 5.85. The number of nitrogens with one attached hydrogen (secondary N) is 1. The quantitative estimate of drug-likeness (QED) is 0.764. The second-order valence-corrected chi connectivity index (χ2v) is 5.09. The van der Waals surface area contributed by atoms with Crippen molar-refractivity contribution in [2.45, 2.75) is 0 Å². The van der Waals surface area contributed by atoms with Crippen molar-refractivity contribution in [2.75, 3.05) is 5.32 Å². The molecule has 2 rings (SSSR count). The molecule has 0 saturated carbocycles. The lowest BCUT2D eigenvalue weighted by molar-refractivity contribution is 0.102. The largest absolute Gasteiger partial charge is 0.321 e. The number of carbonyl (C=O) groups excluding carboxylic acids is 1. The van der Waals surface area contributed by atoms with Gasteiger partial charge in [-0.15, -0.1) is 0 Å². The third-order valence-electron chi connectivity index (χ3n) is 2.43. The van der Waals surface area contributed by atoms with Gasteiger partial charge in [0.05, 0.1) is 16.3 Å². The van der Waals surface area contributed by atoms with Gasteiger partial charge in [0.25, 0.3) is 5.91 Å². The van der Waals surface area contributed by atoms with Crippen molar-refractivity contribution < 1.29 is 18.0 Å². The number of hydrogen-bond donors (Lipinski definition) is 1. The van der Waals surface area contributed by atoms with Crippen LogP contribution in [0.2, 0.25) is 5.02 Å². The average molecular weight is 365 g/mol. The highest BCUT2D eigenvalue weighted by atomic mass is 79.9. The number of halogens is 5. The van der Waals surface area contributed by atoms with E-state index in [9.17, 15) is 18.0 Å². The molecule has 0 radical (unpaired) electrons. The Morgan fingerprint density at radius 1 is 1.10 bits per heavy atom. The molecule has 0 aromatic heterocycles. The van der Waals surface area contributed by atoms with Gasteiger partial charge in [-0.05, 0) is 46.3 Å². The van der Waals surface area contributed by atoms with E-state index >= 15 is 0 Å². The first-order chi connectivity index (χ1) is 9.38. The molecule has 7 heteroatoms. The van der Waals surface area contributed by atoms with Crippen LogP contribution in [-0.2, 0) is 0 Å². The second-order valence-electron chi connectivity index (χ2n) is 3.82. The monoisotopic (exact) mass is 363 g/mol. The fraction of sp³-hybridized carbons (Fsp3) is 0. The molecule has 2 nitrogen and oxygen atoms in total. The van der Waals surface area contributed by atoms with Crippen molar-refractivity contribution in [1.82, 2.24) is 0 Å². The van der Waals surface area contributed by atoms with E-state index in [0.29, 0.717) is 16.6 Å². The minimum atomic E-state index is -1.18.